The van der Waals surface area contributed by atoms with Crippen LogP contribution < -0.4 is 10.1 Å². The first-order valence-electron chi connectivity index (χ1n) is 10.3. The van der Waals surface area contributed by atoms with Crippen LogP contribution in [0, 0.1) is 14.9 Å². The third-order valence-corrected chi connectivity index (χ3v) is 5.61. The van der Waals surface area contributed by atoms with Gasteiger partial charge in [-0.15, -0.1) is 0 Å². The van der Waals surface area contributed by atoms with E-state index in [4.69, 9.17) is 21.1 Å². The molecule has 34 heavy (non-hydrogen) atoms. The Kier molecular flexibility index (Phi) is 9.08. The summed E-state index contributed by atoms with van der Waals surface area (Å²) in [7, 11) is 0. The monoisotopic (exact) mass is 586 g/mol. The molecule has 0 atom stereocenters. The van der Waals surface area contributed by atoms with Gasteiger partial charge in [-0.1, -0.05) is 29.8 Å². The number of amides is 1. The van der Waals surface area contributed by atoms with Crippen LogP contribution in [-0.4, -0.2) is 18.5 Å². The van der Waals surface area contributed by atoms with E-state index in [0.29, 0.717) is 34.2 Å². The Bertz CT molecular complexity index is 1250. The summed E-state index contributed by atoms with van der Waals surface area (Å²) in [6, 6.07) is 21.1. The van der Waals surface area contributed by atoms with Crippen molar-refractivity contribution in [2.45, 2.75) is 13.5 Å². The lowest BCUT2D eigenvalue weighted by molar-refractivity contribution is -0.112. The summed E-state index contributed by atoms with van der Waals surface area (Å²) in [5.41, 5.74) is 2.31. The minimum atomic E-state index is -0.582. The van der Waals surface area contributed by atoms with E-state index in [1.165, 1.54) is 18.2 Å². The van der Waals surface area contributed by atoms with Gasteiger partial charge in [0, 0.05) is 9.26 Å². The van der Waals surface area contributed by atoms with E-state index >= 15 is 0 Å². The number of ether oxygens (including phenoxy) is 2. The summed E-state index contributed by atoms with van der Waals surface area (Å²) in [6.07, 6.45) is 1.44. The third-order valence-electron chi connectivity index (χ3n) is 4.59. The van der Waals surface area contributed by atoms with Gasteiger partial charge in [-0.3, -0.25) is 4.79 Å². The molecule has 3 aromatic rings. The minimum Gasteiger partial charge on any atom is -0.487 e. The van der Waals surface area contributed by atoms with Gasteiger partial charge in [0.2, 0.25) is 0 Å². The molecule has 0 spiro atoms. The number of anilines is 1. The van der Waals surface area contributed by atoms with Crippen LogP contribution in [0.15, 0.2) is 72.3 Å². The van der Waals surface area contributed by atoms with Gasteiger partial charge in [-0.2, -0.15) is 5.26 Å². The molecule has 0 radical (unpaired) electrons. The van der Waals surface area contributed by atoms with Crippen LogP contribution in [0.4, 0.5) is 5.69 Å². The van der Waals surface area contributed by atoms with Crippen LogP contribution in [0.25, 0.3) is 6.08 Å². The second-order valence-corrected chi connectivity index (χ2v) is 8.68. The summed E-state index contributed by atoms with van der Waals surface area (Å²) in [5.74, 6) is -0.524. The summed E-state index contributed by atoms with van der Waals surface area (Å²) < 4.78 is 11.9. The maximum Gasteiger partial charge on any atom is 0.338 e. The van der Waals surface area contributed by atoms with Crippen molar-refractivity contribution < 1.29 is 19.1 Å². The summed E-state index contributed by atoms with van der Waals surface area (Å²) in [5, 5.41) is 12.5. The average Bonchev–Trinajstić information content (AvgIpc) is 2.83. The molecule has 6 nitrogen and oxygen atoms in total. The molecule has 0 aliphatic carbocycles. The highest BCUT2D eigenvalue weighted by Gasteiger charge is 2.12. The fourth-order valence-corrected chi connectivity index (χ4v) is 3.49. The van der Waals surface area contributed by atoms with Gasteiger partial charge in [0.1, 0.15) is 24.0 Å². The van der Waals surface area contributed by atoms with Crippen molar-refractivity contribution >= 4 is 57.8 Å². The number of esters is 1. The molecule has 0 saturated carbocycles. The van der Waals surface area contributed by atoms with E-state index in [1.807, 2.05) is 30.3 Å². The van der Waals surface area contributed by atoms with Crippen LogP contribution in [0.3, 0.4) is 0 Å². The number of halogens is 2. The van der Waals surface area contributed by atoms with Crippen LogP contribution in [-0.2, 0) is 16.1 Å². The highest BCUT2D eigenvalue weighted by molar-refractivity contribution is 14.1. The zero-order valence-corrected chi connectivity index (χ0v) is 21.1. The van der Waals surface area contributed by atoms with Crippen molar-refractivity contribution in [2.75, 3.05) is 11.9 Å². The first-order valence-corrected chi connectivity index (χ1v) is 11.7. The van der Waals surface area contributed by atoms with Gasteiger partial charge in [-0.05, 0) is 95.2 Å². The minimum absolute atomic E-state index is 0.0990. The van der Waals surface area contributed by atoms with Gasteiger partial charge in [0.15, 0.2) is 0 Å². The van der Waals surface area contributed by atoms with E-state index in [0.717, 1.165) is 9.13 Å². The second kappa shape index (κ2) is 12.2. The zero-order chi connectivity index (χ0) is 24.5. The Hall–Kier alpha value is -3.35. The first-order chi connectivity index (χ1) is 16.4. The van der Waals surface area contributed by atoms with Crippen molar-refractivity contribution in [3.8, 4) is 11.8 Å². The van der Waals surface area contributed by atoms with Gasteiger partial charge in [0.25, 0.3) is 5.91 Å². The Morgan fingerprint density at radius 1 is 1.09 bits per heavy atom. The maximum absolute atomic E-state index is 12.6. The number of carbonyl (C=O) groups excluding carboxylic acids is 2. The lowest BCUT2D eigenvalue weighted by atomic mass is 10.1. The molecule has 0 unspecified atom stereocenters. The number of rotatable bonds is 8. The predicted molar refractivity (Wildman–Crippen MR) is 140 cm³/mol. The molecule has 1 N–H and O–H groups in total. The Labute approximate surface area is 216 Å². The molecule has 8 heteroatoms. The fraction of sp³-hybridized carbons (Fsp3) is 0.115. The molecule has 0 saturated heterocycles. The highest BCUT2D eigenvalue weighted by atomic mass is 127. The van der Waals surface area contributed by atoms with Gasteiger partial charge in [-0.25, -0.2) is 4.79 Å². The number of nitriles is 1. The Morgan fingerprint density at radius 2 is 1.79 bits per heavy atom. The Morgan fingerprint density at radius 3 is 2.41 bits per heavy atom. The van der Waals surface area contributed by atoms with Gasteiger partial charge in [0.05, 0.1) is 17.2 Å². The number of nitrogens with zero attached hydrogens (tertiary/aromatic N) is 1. The standard InChI is InChI=1S/C26H20ClIN2O4/c1-2-33-26(32)19-6-10-22(11-7-19)30-25(31)20(15-29)13-18-5-12-24(23(27)14-18)34-16-17-3-8-21(28)9-4-17/h3-14H,2,16H2,1H3,(H,30,31)/b20-13+. The van der Waals surface area contributed by atoms with Gasteiger partial charge < -0.3 is 14.8 Å². The van der Waals surface area contributed by atoms with Crippen LogP contribution >= 0.6 is 34.2 Å². The molecular weight excluding hydrogens is 567 g/mol. The molecule has 0 aliphatic heterocycles. The molecule has 172 valence electrons. The van der Waals surface area contributed by atoms with Crippen LogP contribution in [0.5, 0.6) is 5.75 Å². The molecular formula is C26H20ClIN2O4. The molecule has 3 aromatic carbocycles. The SMILES string of the molecule is CCOC(=O)c1ccc(NC(=O)/C(C#N)=C/c2ccc(OCc3ccc(I)cc3)c(Cl)c2)cc1. The maximum atomic E-state index is 12.6. The normalized spacial score (nSPS) is 10.8. The molecule has 1 amide bonds. The van der Waals surface area contributed by atoms with E-state index in [9.17, 15) is 14.9 Å². The third kappa shape index (κ3) is 7.07. The quantitative estimate of drug-likeness (QED) is 0.146. The fourth-order valence-electron chi connectivity index (χ4n) is 2.88. The first kappa shape index (κ1) is 25.3. The predicted octanol–water partition coefficient (Wildman–Crippen LogP) is 6.25. The number of nitrogens with one attached hydrogen (secondary N) is 1. The number of hydrogen-bond donors (Lipinski definition) is 1. The van der Waals surface area contributed by atoms with Crippen molar-refractivity contribution in [1.29, 1.82) is 5.26 Å². The topological polar surface area (TPSA) is 88.4 Å². The van der Waals surface area contributed by atoms with Crippen LogP contribution in [0.2, 0.25) is 5.02 Å². The summed E-state index contributed by atoms with van der Waals surface area (Å²) >= 11 is 8.58. The lowest BCUT2D eigenvalue weighted by Crippen LogP contribution is -2.13. The van der Waals surface area contributed by atoms with E-state index in [-0.39, 0.29) is 12.2 Å². The van der Waals surface area contributed by atoms with Crippen molar-refractivity contribution in [3.05, 3.63) is 97.6 Å². The van der Waals surface area contributed by atoms with E-state index in [2.05, 4.69) is 27.9 Å². The Balaban J connectivity index is 1.66. The van der Waals surface area contributed by atoms with E-state index in [1.54, 1.807) is 37.3 Å². The smallest absolute Gasteiger partial charge is 0.338 e. The van der Waals surface area contributed by atoms with Crippen molar-refractivity contribution in [1.82, 2.24) is 0 Å². The number of hydrogen-bond acceptors (Lipinski definition) is 5. The lowest BCUT2D eigenvalue weighted by Gasteiger charge is -2.09. The van der Waals surface area contributed by atoms with E-state index < -0.39 is 11.9 Å². The van der Waals surface area contributed by atoms with Gasteiger partial charge >= 0.3 is 5.97 Å². The van der Waals surface area contributed by atoms with Crippen molar-refractivity contribution in [3.63, 3.8) is 0 Å². The largest absolute Gasteiger partial charge is 0.487 e. The molecule has 0 heterocycles. The number of carbonyl (C=O) groups is 2. The van der Waals surface area contributed by atoms with Crippen LogP contribution in [0.1, 0.15) is 28.4 Å². The molecule has 0 bridgehead atoms. The molecule has 3 rings (SSSR count). The van der Waals surface area contributed by atoms with Crippen molar-refractivity contribution in [2.24, 2.45) is 0 Å². The zero-order valence-electron chi connectivity index (χ0n) is 18.2. The highest BCUT2D eigenvalue weighted by Crippen LogP contribution is 2.27. The summed E-state index contributed by atoms with van der Waals surface area (Å²) in [6.45, 7) is 2.37. The molecule has 0 aliphatic rings. The second-order valence-electron chi connectivity index (χ2n) is 7.03. The average molecular weight is 587 g/mol. The molecule has 0 fully saturated rings. The number of benzene rings is 3. The molecule has 0 aromatic heterocycles. The summed E-state index contributed by atoms with van der Waals surface area (Å²) in [4.78, 5) is 24.3.